The Morgan fingerprint density at radius 2 is 1.93 bits per heavy atom. The largest absolute Gasteiger partial charge is 0.487 e. The van der Waals surface area contributed by atoms with Gasteiger partial charge in [0.1, 0.15) is 41.1 Å². The summed E-state index contributed by atoms with van der Waals surface area (Å²) < 4.78 is 83.8. The molecule has 0 aliphatic rings. The monoisotopic (exact) mass is 599 g/mol. The summed E-state index contributed by atoms with van der Waals surface area (Å²) in [4.78, 5) is 20.3. The van der Waals surface area contributed by atoms with E-state index in [4.69, 9.17) is 22.1 Å². The van der Waals surface area contributed by atoms with Gasteiger partial charge in [-0.25, -0.2) is 17.8 Å². The maximum absolute atomic E-state index is 13.5. The number of nitrogens with two attached hydrogens (primary N) is 1. The zero-order chi connectivity index (χ0) is 29.1. The number of carbonyl (C=O) groups excluding carboxylic acids is 1. The van der Waals surface area contributed by atoms with E-state index < -0.39 is 33.7 Å². The van der Waals surface area contributed by atoms with Crippen LogP contribution in [0.3, 0.4) is 0 Å². The highest BCUT2D eigenvalue weighted by atomic mass is 35.5. The highest BCUT2D eigenvalue weighted by Gasteiger charge is 2.35. The highest BCUT2D eigenvalue weighted by Crippen LogP contribution is 2.35. The van der Waals surface area contributed by atoms with Gasteiger partial charge in [0.25, 0.3) is 5.91 Å². The summed E-state index contributed by atoms with van der Waals surface area (Å²) in [6, 6.07) is 7.36. The van der Waals surface area contributed by atoms with Gasteiger partial charge in [0.05, 0.1) is 16.9 Å². The number of aromatic nitrogens is 4. The Morgan fingerprint density at radius 1 is 1.15 bits per heavy atom. The van der Waals surface area contributed by atoms with E-state index in [0.717, 1.165) is 12.1 Å². The molecule has 2 aromatic heterocycles. The van der Waals surface area contributed by atoms with Crippen LogP contribution in [0.15, 0.2) is 55.0 Å². The zero-order valence-corrected chi connectivity index (χ0v) is 21.5. The lowest BCUT2D eigenvalue weighted by molar-refractivity contribution is -0.106. The number of ether oxygens (including phenoxy) is 1. The van der Waals surface area contributed by atoms with Crippen molar-refractivity contribution in [3.63, 3.8) is 0 Å². The van der Waals surface area contributed by atoms with Crippen molar-refractivity contribution in [3.05, 3.63) is 77.0 Å². The van der Waals surface area contributed by atoms with Crippen molar-refractivity contribution in [1.82, 2.24) is 20.2 Å². The number of alkyl halides is 3. The molecule has 2 aromatic carbocycles. The quantitative estimate of drug-likeness (QED) is 0.195. The molecule has 0 bridgehead atoms. The molecule has 5 N–H and O–H groups in total. The van der Waals surface area contributed by atoms with Crippen molar-refractivity contribution in [2.45, 2.75) is 12.8 Å². The lowest BCUT2D eigenvalue weighted by atomic mass is 10.1. The van der Waals surface area contributed by atoms with Crippen molar-refractivity contribution in [2.75, 3.05) is 15.8 Å². The van der Waals surface area contributed by atoms with Gasteiger partial charge in [0, 0.05) is 18.0 Å². The molecule has 17 heteroatoms. The molecule has 0 radical (unpaired) electrons. The molecular weight excluding hydrogens is 582 g/mol. The molecule has 0 aliphatic carbocycles. The molecule has 0 fully saturated rings. The van der Waals surface area contributed by atoms with Gasteiger partial charge < -0.3 is 15.8 Å². The molecule has 0 aliphatic heterocycles. The molecule has 0 unspecified atom stereocenters. The Labute approximate surface area is 228 Å². The van der Waals surface area contributed by atoms with Gasteiger partial charge in [-0.15, -0.1) is 0 Å². The Hall–Kier alpha value is -4.44. The third kappa shape index (κ3) is 7.15. The summed E-state index contributed by atoms with van der Waals surface area (Å²) >= 11 is 5.79. The normalized spacial score (nSPS) is 11.7. The minimum atomic E-state index is -5.00. The lowest BCUT2D eigenvalue weighted by Crippen LogP contribution is -2.28. The molecular formula is C23H18ClF4N7O4S. The molecule has 4 rings (SSSR count). The van der Waals surface area contributed by atoms with Crippen LogP contribution in [0.1, 0.15) is 15.9 Å². The number of sulfonamides is 1. The number of hydrogen-bond acceptors (Lipinski definition) is 8. The van der Waals surface area contributed by atoms with Gasteiger partial charge in [-0.05, 0) is 29.8 Å². The number of nitrogens with one attached hydrogen (secondary N) is 3. The van der Waals surface area contributed by atoms with Gasteiger partial charge in [0.2, 0.25) is 10.0 Å². The number of rotatable bonds is 10. The van der Waals surface area contributed by atoms with Crippen LogP contribution >= 0.6 is 11.6 Å². The molecule has 11 nitrogen and oxygen atoms in total. The third-order valence-corrected chi connectivity index (χ3v) is 6.61. The second-order valence-electron chi connectivity index (χ2n) is 8.13. The molecule has 0 saturated carbocycles. The predicted molar refractivity (Wildman–Crippen MR) is 137 cm³/mol. The number of anilines is 3. The molecule has 0 atom stereocenters. The van der Waals surface area contributed by atoms with Crippen molar-refractivity contribution in [3.8, 4) is 17.0 Å². The van der Waals surface area contributed by atoms with Crippen LogP contribution in [0, 0.1) is 5.82 Å². The Balaban J connectivity index is 1.72. The van der Waals surface area contributed by atoms with E-state index in [1.54, 1.807) is 0 Å². The van der Waals surface area contributed by atoms with Crippen LogP contribution in [-0.4, -0.2) is 46.4 Å². The highest BCUT2D eigenvalue weighted by molar-refractivity contribution is 7.92. The van der Waals surface area contributed by atoms with Gasteiger partial charge >= 0.3 is 6.18 Å². The van der Waals surface area contributed by atoms with Crippen LogP contribution in [0.25, 0.3) is 11.3 Å². The van der Waals surface area contributed by atoms with E-state index in [0.29, 0.717) is 5.56 Å². The minimum Gasteiger partial charge on any atom is -0.487 e. The predicted octanol–water partition coefficient (Wildman–Crippen LogP) is 4.38. The fourth-order valence-electron chi connectivity index (χ4n) is 3.46. The van der Waals surface area contributed by atoms with Crippen LogP contribution < -0.4 is 20.5 Å². The molecule has 0 spiro atoms. The second kappa shape index (κ2) is 11.4. The van der Waals surface area contributed by atoms with Crippen LogP contribution in [0.2, 0.25) is 5.02 Å². The Bertz CT molecular complexity index is 1650. The molecule has 40 heavy (non-hydrogen) atoms. The number of primary amides is 1. The molecule has 1 amide bonds. The molecule has 2 heterocycles. The Kier molecular flexibility index (Phi) is 8.11. The average Bonchev–Trinajstić information content (AvgIpc) is 3.28. The number of halogens is 5. The number of nitrogens with zero attached hydrogens (tertiary/aromatic N) is 3. The van der Waals surface area contributed by atoms with Gasteiger partial charge in [-0.1, -0.05) is 23.7 Å². The number of H-pyrrole nitrogens is 1. The van der Waals surface area contributed by atoms with Crippen LogP contribution in [0.4, 0.5) is 34.9 Å². The number of aromatic amines is 1. The number of benzene rings is 2. The third-order valence-electron chi connectivity index (χ3n) is 5.08. The number of carbonyl (C=O) groups is 1. The summed E-state index contributed by atoms with van der Waals surface area (Å²) in [6.07, 6.45) is -0.791. The van der Waals surface area contributed by atoms with Crippen LogP contribution in [-0.2, 0) is 16.6 Å². The second-order valence-corrected chi connectivity index (χ2v) is 10.3. The first kappa shape index (κ1) is 28.6. The number of hydrogen-bond donors (Lipinski definition) is 4. The van der Waals surface area contributed by atoms with Crippen molar-refractivity contribution < 1.29 is 35.5 Å². The molecule has 0 saturated heterocycles. The standard InChI is InChI=1S/C23H18ClF4N7O4S/c24-14-7-12(1-3-15(14)25)10-39-17-8-13(2-4-16(17)35-40(37,38)11-23(26,27)28)20-19(21(29)36)22(34-33-20)32-18-9-30-5-6-31-18/h1-9,35H,10-11H2,(H2,29,36)(H2,31,32,33,34). The Morgan fingerprint density at radius 3 is 2.58 bits per heavy atom. The van der Waals surface area contributed by atoms with Crippen molar-refractivity contribution in [1.29, 1.82) is 0 Å². The summed E-state index contributed by atoms with van der Waals surface area (Å²) in [7, 11) is -4.88. The minimum absolute atomic E-state index is 0.0123. The summed E-state index contributed by atoms with van der Waals surface area (Å²) in [5.74, 6) is -3.62. The number of amides is 1. The van der Waals surface area contributed by atoms with E-state index in [9.17, 15) is 30.8 Å². The first-order valence-electron chi connectivity index (χ1n) is 11.0. The van der Waals surface area contributed by atoms with E-state index in [2.05, 4.69) is 25.5 Å². The lowest BCUT2D eigenvalue weighted by Gasteiger charge is -2.16. The topological polar surface area (TPSA) is 165 Å². The van der Waals surface area contributed by atoms with Crippen molar-refractivity contribution in [2.24, 2.45) is 5.73 Å². The fourth-order valence-corrected chi connectivity index (χ4v) is 4.67. The maximum Gasteiger partial charge on any atom is 0.404 e. The SMILES string of the molecule is NC(=O)c1c(-c2ccc(NS(=O)(=O)CC(F)(F)F)c(OCc3ccc(F)c(Cl)c3)c2)n[nH]c1Nc1cnccn1. The zero-order valence-electron chi connectivity index (χ0n) is 20.0. The summed E-state index contributed by atoms with van der Waals surface area (Å²) in [5, 5.41) is 9.32. The van der Waals surface area contributed by atoms with E-state index >= 15 is 0 Å². The van der Waals surface area contributed by atoms with Crippen LogP contribution in [0.5, 0.6) is 5.75 Å². The molecule has 4 aromatic rings. The summed E-state index contributed by atoms with van der Waals surface area (Å²) in [5.41, 5.74) is 5.70. The average molecular weight is 600 g/mol. The van der Waals surface area contributed by atoms with E-state index in [1.807, 2.05) is 4.72 Å². The van der Waals surface area contributed by atoms with Gasteiger partial charge in [0.15, 0.2) is 5.75 Å². The fraction of sp³-hybridized carbons (Fsp3) is 0.130. The van der Waals surface area contributed by atoms with E-state index in [1.165, 1.54) is 42.9 Å². The van der Waals surface area contributed by atoms with Gasteiger partial charge in [-0.2, -0.15) is 18.3 Å². The van der Waals surface area contributed by atoms with Crippen molar-refractivity contribution >= 4 is 44.9 Å². The summed E-state index contributed by atoms with van der Waals surface area (Å²) in [6.45, 7) is -0.278. The molecule has 210 valence electrons. The first-order valence-corrected chi connectivity index (χ1v) is 13.0. The smallest absolute Gasteiger partial charge is 0.404 e. The maximum atomic E-state index is 13.5. The van der Waals surface area contributed by atoms with Gasteiger partial charge in [-0.3, -0.25) is 19.6 Å². The first-order chi connectivity index (χ1) is 18.8. The van der Waals surface area contributed by atoms with E-state index in [-0.39, 0.29) is 51.5 Å².